The Kier molecular flexibility index (Phi) is 8.00. The lowest BCUT2D eigenvalue weighted by atomic mass is 10.1. The summed E-state index contributed by atoms with van der Waals surface area (Å²) in [6.07, 6.45) is 0.707. The molecule has 0 aliphatic rings. The minimum absolute atomic E-state index is 0.0414. The van der Waals surface area contributed by atoms with E-state index in [0.717, 1.165) is 0 Å². The summed E-state index contributed by atoms with van der Waals surface area (Å²) in [5, 5.41) is 15.9. The van der Waals surface area contributed by atoms with E-state index in [9.17, 15) is 14.9 Å². The minimum Gasteiger partial charge on any atom is -0.444 e. The van der Waals surface area contributed by atoms with E-state index < -0.39 is 17.7 Å². The van der Waals surface area contributed by atoms with Gasteiger partial charge < -0.3 is 21.1 Å². The van der Waals surface area contributed by atoms with Gasteiger partial charge in [0.25, 0.3) is 5.56 Å². The number of fused-ring (bicyclic) bond motifs is 1. The summed E-state index contributed by atoms with van der Waals surface area (Å²) in [5.74, 6) is 0.510. The molecule has 4 N–H and O–H groups in total. The van der Waals surface area contributed by atoms with Crippen molar-refractivity contribution < 1.29 is 9.53 Å². The smallest absolute Gasteiger partial charge is 0.407 e. The summed E-state index contributed by atoms with van der Waals surface area (Å²) in [4.78, 5) is 38.3. The number of alkyl carbamates (subject to hydrolysis) is 1. The lowest BCUT2D eigenvalue weighted by Crippen LogP contribution is -2.37. The van der Waals surface area contributed by atoms with Crippen molar-refractivity contribution in [1.82, 2.24) is 24.8 Å². The van der Waals surface area contributed by atoms with Crippen LogP contribution in [0, 0.1) is 17.2 Å². The molecule has 12 heteroatoms. The van der Waals surface area contributed by atoms with E-state index >= 15 is 0 Å². The van der Waals surface area contributed by atoms with E-state index in [4.69, 9.17) is 27.1 Å². The Morgan fingerprint density at radius 1 is 1.31 bits per heavy atom. The number of carbonyl (C=O) groups excluding carboxylic acids is 1. The van der Waals surface area contributed by atoms with Crippen LogP contribution in [0.2, 0.25) is 5.02 Å². The quantitative estimate of drug-likeness (QED) is 0.429. The highest BCUT2D eigenvalue weighted by molar-refractivity contribution is 6.35. The molecule has 3 aromatic rings. The number of nitrogens with one attached hydrogen (secondary N) is 2. The topological polar surface area (TPSA) is 161 Å². The van der Waals surface area contributed by atoms with Gasteiger partial charge in [0.2, 0.25) is 0 Å². The molecule has 11 nitrogen and oxygen atoms in total. The van der Waals surface area contributed by atoms with Gasteiger partial charge in [-0.15, -0.1) is 0 Å². The standard InChI is InChI=1S/C24H29ClN8O3/c1-13(10-28-23(35)36-24(3,4)5)11-33-21(32-17-8-6-7-16(25)18(17)22(33)34)14(2)31-20-15(9-26)19(27)29-12-30-20/h6-8,12-14H,10-11H2,1-5H3,(H,28,35)(H3,27,29,30,31)/t13?,14-/m0/s1. The van der Waals surface area contributed by atoms with E-state index in [-0.39, 0.29) is 41.8 Å². The molecule has 0 bridgehead atoms. The predicted molar refractivity (Wildman–Crippen MR) is 138 cm³/mol. The average molecular weight is 513 g/mol. The first-order valence-corrected chi connectivity index (χ1v) is 11.7. The van der Waals surface area contributed by atoms with Gasteiger partial charge in [-0.05, 0) is 45.7 Å². The van der Waals surface area contributed by atoms with Crippen molar-refractivity contribution in [2.24, 2.45) is 5.92 Å². The number of rotatable bonds is 7. The molecule has 2 aromatic heterocycles. The van der Waals surface area contributed by atoms with Crippen LogP contribution in [0.3, 0.4) is 0 Å². The van der Waals surface area contributed by atoms with Crippen LogP contribution in [0.1, 0.15) is 52.0 Å². The summed E-state index contributed by atoms with van der Waals surface area (Å²) < 4.78 is 6.81. The minimum atomic E-state index is -0.621. The van der Waals surface area contributed by atoms with Crippen molar-refractivity contribution in [3.05, 3.63) is 51.3 Å². The maximum Gasteiger partial charge on any atom is 0.407 e. The van der Waals surface area contributed by atoms with E-state index in [1.165, 1.54) is 10.9 Å². The Labute approximate surface area is 213 Å². The molecular formula is C24H29ClN8O3. The van der Waals surface area contributed by atoms with E-state index in [2.05, 4.69) is 20.6 Å². The largest absolute Gasteiger partial charge is 0.444 e. The highest BCUT2D eigenvalue weighted by Crippen LogP contribution is 2.25. The van der Waals surface area contributed by atoms with Gasteiger partial charge in [0, 0.05) is 13.1 Å². The number of amides is 1. The first kappa shape index (κ1) is 26.7. The molecule has 0 radical (unpaired) electrons. The fourth-order valence-electron chi connectivity index (χ4n) is 3.58. The van der Waals surface area contributed by atoms with Crippen LogP contribution in [0.15, 0.2) is 29.3 Å². The van der Waals surface area contributed by atoms with E-state index in [0.29, 0.717) is 21.7 Å². The van der Waals surface area contributed by atoms with Gasteiger partial charge >= 0.3 is 6.09 Å². The lowest BCUT2D eigenvalue weighted by molar-refractivity contribution is 0.0519. The van der Waals surface area contributed by atoms with Gasteiger partial charge in [0.05, 0.1) is 22.0 Å². The number of ether oxygens (including phenoxy) is 1. The van der Waals surface area contributed by atoms with E-state index in [1.807, 2.05) is 13.0 Å². The van der Waals surface area contributed by atoms with Gasteiger partial charge in [-0.1, -0.05) is 24.6 Å². The van der Waals surface area contributed by atoms with Crippen molar-refractivity contribution in [2.45, 2.75) is 52.8 Å². The summed E-state index contributed by atoms with van der Waals surface area (Å²) >= 11 is 6.34. The van der Waals surface area contributed by atoms with Gasteiger partial charge in [-0.3, -0.25) is 9.36 Å². The number of anilines is 2. The predicted octanol–water partition coefficient (Wildman–Crippen LogP) is 3.63. The molecule has 3 rings (SSSR count). The van der Waals surface area contributed by atoms with Crippen molar-refractivity contribution in [3.63, 3.8) is 0 Å². The van der Waals surface area contributed by atoms with Gasteiger partial charge in [0.1, 0.15) is 41.0 Å². The Bertz CT molecular complexity index is 1380. The average Bonchev–Trinajstić information content (AvgIpc) is 2.78. The molecular weight excluding hydrogens is 484 g/mol. The van der Waals surface area contributed by atoms with Crippen LogP contribution in [0.25, 0.3) is 10.9 Å². The Morgan fingerprint density at radius 3 is 2.69 bits per heavy atom. The fourth-order valence-corrected chi connectivity index (χ4v) is 3.83. The molecule has 0 saturated heterocycles. The Hall–Kier alpha value is -3.91. The van der Waals surface area contributed by atoms with Crippen molar-refractivity contribution in [1.29, 1.82) is 5.26 Å². The summed E-state index contributed by atoms with van der Waals surface area (Å²) in [6, 6.07) is 6.50. The van der Waals surface area contributed by atoms with E-state index in [1.54, 1.807) is 45.9 Å². The number of nitrogen functional groups attached to an aromatic ring is 1. The third-order valence-electron chi connectivity index (χ3n) is 5.18. The van der Waals surface area contributed by atoms with Crippen LogP contribution < -0.4 is 21.9 Å². The normalized spacial score (nSPS) is 13.0. The highest BCUT2D eigenvalue weighted by atomic mass is 35.5. The number of nitrogens with zero attached hydrogens (tertiary/aromatic N) is 5. The SMILES string of the molecule is CC(CNC(=O)OC(C)(C)C)Cn1c([C@H](C)Nc2ncnc(N)c2C#N)nc2cccc(Cl)c2c1=O. The number of hydrogen-bond acceptors (Lipinski definition) is 9. The van der Waals surface area contributed by atoms with Crippen LogP contribution in [0.4, 0.5) is 16.4 Å². The van der Waals surface area contributed by atoms with Crippen LogP contribution >= 0.6 is 11.6 Å². The monoisotopic (exact) mass is 512 g/mol. The Balaban J connectivity index is 1.96. The molecule has 1 aromatic carbocycles. The number of aromatic nitrogens is 4. The highest BCUT2D eigenvalue weighted by Gasteiger charge is 2.22. The van der Waals surface area contributed by atoms with Crippen molar-refractivity contribution >= 4 is 40.2 Å². The summed E-state index contributed by atoms with van der Waals surface area (Å²) in [6.45, 7) is 9.53. The number of carbonyl (C=O) groups is 1. The summed E-state index contributed by atoms with van der Waals surface area (Å²) in [7, 11) is 0. The maximum absolute atomic E-state index is 13.6. The zero-order chi connectivity index (χ0) is 26.6. The maximum atomic E-state index is 13.6. The molecule has 0 aliphatic carbocycles. The lowest BCUT2D eigenvalue weighted by Gasteiger charge is -2.23. The molecule has 0 spiro atoms. The molecule has 0 saturated carbocycles. The van der Waals surface area contributed by atoms with Crippen LogP contribution in [0.5, 0.6) is 0 Å². The molecule has 1 amide bonds. The molecule has 0 aliphatic heterocycles. The third kappa shape index (κ3) is 6.20. The molecule has 190 valence electrons. The molecule has 0 fully saturated rings. The number of halogens is 1. The van der Waals surface area contributed by atoms with Crippen LogP contribution in [-0.4, -0.2) is 37.8 Å². The summed E-state index contributed by atoms with van der Waals surface area (Å²) in [5.41, 5.74) is 5.40. The number of nitrogens with two attached hydrogens (primary N) is 1. The Morgan fingerprint density at radius 2 is 2.03 bits per heavy atom. The fraction of sp³-hybridized carbons (Fsp3) is 0.417. The van der Waals surface area contributed by atoms with Gasteiger partial charge in [0.15, 0.2) is 0 Å². The third-order valence-corrected chi connectivity index (χ3v) is 5.49. The number of hydrogen-bond donors (Lipinski definition) is 3. The first-order chi connectivity index (χ1) is 16.9. The van der Waals surface area contributed by atoms with Gasteiger partial charge in [-0.25, -0.2) is 19.7 Å². The van der Waals surface area contributed by atoms with Crippen molar-refractivity contribution in [3.8, 4) is 6.07 Å². The zero-order valence-corrected chi connectivity index (χ0v) is 21.6. The van der Waals surface area contributed by atoms with Crippen molar-refractivity contribution in [2.75, 3.05) is 17.6 Å². The molecule has 1 unspecified atom stereocenters. The molecule has 2 heterocycles. The van der Waals surface area contributed by atoms with Crippen LogP contribution in [-0.2, 0) is 11.3 Å². The first-order valence-electron chi connectivity index (χ1n) is 11.3. The number of nitriles is 1. The zero-order valence-electron chi connectivity index (χ0n) is 20.8. The van der Waals surface area contributed by atoms with Gasteiger partial charge in [-0.2, -0.15) is 5.26 Å². The number of benzene rings is 1. The second kappa shape index (κ2) is 10.8. The second-order valence-electron chi connectivity index (χ2n) is 9.47. The second-order valence-corrected chi connectivity index (χ2v) is 9.88. The molecule has 36 heavy (non-hydrogen) atoms. The molecule has 2 atom stereocenters.